The summed E-state index contributed by atoms with van der Waals surface area (Å²) < 4.78 is 0. The third kappa shape index (κ3) is 1.92. The second-order valence-electron chi connectivity index (χ2n) is 5.69. The second kappa shape index (κ2) is 5.48. The summed E-state index contributed by atoms with van der Waals surface area (Å²) in [4.78, 5) is 13.4. The van der Waals surface area contributed by atoms with E-state index in [0.29, 0.717) is 12.8 Å². The molecule has 3 heteroatoms. The number of hydrogen-bond donors (Lipinski definition) is 0. The van der Waals surface area contributed by atoms with Crippen LogP contribution in [0, 0.1) is 0 Å². The maximum Gasteiger partial charge on any atom is 0.200 e. The highest BCUT2D eigenvalue weighted by atomic mass is 16.1. The Kier molecular flexibility index (Phi) is 3.65. The summed E-state index contributed by atoms with van der Waals surface area (Å²) in [5.74, 6) is 0.0856. The van der Waals surface area contributed by atoms with Gasteiger partial charge in [-0.3, -0.25) is 4.79 Å². The van der Waals surface area contributed by atoms with Crippen LogP contribution >= 0.6 is 0 Å². The fourth-order valence-electron chi connectivity index (χ4n) is 3.28. The fraction of sp³-hybridized carbons (Fsp3) is 0.316. The van der Waals surface area contributed by atoms with Crippen molar-refractivity contribution in [3.05, 3.63) is 71.8 Å². The van der Waals surface area contributed by atoms with E-state index in [1.165, 1.54) is 0 Å². The van der Waals surface area contributed by atoms with Crippen molar-refractivity contribution < 1.29 is 4.79 Å². The number of rotatable bonds is 4. The van der Waals surface area contributed by atoms with Gasteiger partial charge in [-0.15, -0.1) is 0 Å². The molecule has 2 atom stereocenters. The topological polar surface area (TPSA) is 41.8 Å². The van der Waals surface area contributed by atoms with Gasteiger partial charge in [0.05, 0.1) is 0 Å². The molecule has 0 spiro atoms. The van der Waals surface area contributed by atoms with Crippen molar-refractivity contribution in [2.75, 3.05) is 0 Å². The SMILES string of the molecule is CC[C@]1(c2ccccc2)N=N[C@](CC)(c2ccccc2)C1=O. The lowest BCUT2D eigenvalue weighted by atomic mass is 9.73. The van der Waals surface area contributed by atoms with Gasteiger partial charge < -0.3 is 0 Å². The van der Waals surface area contributed by atoms with Crippen LogP contribution in [0.5, 0.6) is 0 Å². The lowest BCUT2D eigenvalue weighted by molar-refractivity contribution is -0.127. The summed E-state index contributed by atoms with van der Waals surface area (Å²) in [5.41, 5.74) is 0.148. The zero-order valence-corrected chi connectivity index (χ0v) is 13.0. The number of benzene rings is 2. The zero-order chi connectivity index (χ0) is 15.6. The molecule has 0 amide bonds. The molecule has 1 aliphatic rings. The molecular formula is C19H20N2O. The molecule has 0 saturated heterocycles. The van der Waals surface area contributed by atoms with Crippen LogP contribution < -0.4 is 0 Å². The molecule has 2 aromatic carbocycles. The Morgan fingerprint density at radius 1 is 0.727 bits per heavy atom. The smallest absolute Gasteiger partial charge is 0.200 e. The molecule has 0 N–H and O–H groups in total. The highest BCUT2D eigenvalue weighted by Crippen LogP contribution is 2.48. The van der Waals surface area contributed by atoms with Crippen LogP contribution in [-0.2, 0) is 15.9 Å². The lowest BCUT2D eigenvalue weighted by Gasteiger charge is -2.28. The number of ketones is 1. The Morgan fingerprint density at radius 2 is 1.09 bits per heavy atom. The van der Waals surface area contributed by atoms with Gasteiger partial charge in [-0.05, 0) is 24.0 Å². The molecule has 0 unspecified atom stereocenters. The Balaban J connectivity index is 2.13. The Labute approximate surface area is 131 Å². The molecule has 1 heterocycles. The van der Waals surface area contributed by atoms with Crippen molar-refractivity contribution in [2.24, 2.45) is 10.2 Å². The van der Waals surface area contributed by atoms with E-state index in [4.69, 9.17) is 0 Å². The monoisotopic (exact) mass is 292 g/mol. The first kappa shape index (κ1) is 14.6. The molecule has 1 aliphatic heterocycles. The first-order valence-electron chi connectivity index (χ1n) is 7.79. The summed E-state index contributed by atoms with van der Waals surface area (Å²) in [5, 5.41) is 9.03. The van der Waals surface area contributed by atoms with Crippen LogP contribution in [0.15, 0.2) is 70.9 Å². The maximum atomic E-state index is 13.4. The molecule has 0 bridgehead atoms. The van der Waals surface area contributed by atoms with Crippen molar-refractivity contribution in [1.29, 1.82) is 0 Å². The number of Topliss-reactive ketones (excluding diaryl/α,β-unsaturated/α-hetero) is 1. The summed E-state index contributed by atoms with van der Waals surface area (Å²) in [6.07, 6.45) is 1.24. The van der Waals surface area contributed by atoms with E-state index in [0.717, 1.165) is 11.1 Å². The minimum atomic E-state index is -0.854. The van der Waals surface area contributed by atoms with Gasteiger partial charge in [-0.2, -0.15) is 10.2 Å². The Bertz CT molecular complexity index is 636. The third-order valence-electron chi connectivity index (χ3n) is 4.67. The number of carbonyl (C=O) groups excluding carboxylic acids is 1. The Morgan fingerprint density at radius 3 is 1.41 bits per heavy atom. The van der Waals surface area contributed by atoms with Crippen molar-refractivity contribution in [2.45, 2.75) is 37.8 Å². The zero-order valence-electron chi connectivity index (χ0n) is 13.0. The van der Waals surface area contributed by atoms with Crippen LogP contribution in [0.4, 0.5) is 0 Å². The normalized spacial score (nSPS) is 27.3. The molecule has 0 aromatic heterocycles. The van der Waals surface area contributed by atoms with Gasteiger partial charge in [-0.25, -0.2) is 0 Å². The minimum absolute atomic E-state index is 0.0856. The first-order chi connectivity index (χ1) is 10.7. The average molecular weight is 292 g/mol. The predicted octanol–water partition coefficient (Wildman–Crippen LogP) is 4.63. The number of hydrogen-bond acceptors (Lipinski definition) is 3. The summed E-state index contributed by atoms with van der Waals surface area (Å²) in [6.45, 7) is 4.00. The molecule has 3 rings (SSSR count). The van der Waals surface area contributed by atoms with Gasteiger partial charge in [0.25, 0.3) is 0 Å². The standard InChI is InChI=1S/C19H20N2O/c1-3-18(15-11-7-5-8-12-15)17(22)19(4-2,21-20-18)16-13-9-6-10-14-16/h5-14H,3-4H2,1-2H3/t18-,19-/m1/s1. The van der Waals surface area contributed by atoms with Gasteiger partial charge in [0.1, 0.15) is 0 Å². The van der Waals surface area contributed by atoms with E-state index in [-0.39, 0.29) is 5.78 Å². The molecule has 0 fully saturated rings. The van der Waals surface area contributed by atoms with E-state index >= 15 is 0 Å². The molecular weight excluding hydrogens is 272 g/mol. The van der Waals surface area contributed by atoms with E-state index < -0.39 is 11.1 Å². The predicted molar refractivity (Wildman–Crippen MR) is 86.7 cm³/mol. The van der Waals surface area contributed by atoms with E-state index in [1.54, 1.807) is 0 Å². The second-order valence-corrected chi connectivity index (χ2v) is 5.69. The molecule has 0 saturated carbocycles. The number of nitrogens with zero attached hydrogens (tertiary/aromatic N) is 2. The minimum Gasteiger partial charge on any atom is -0.293 e. The van der Waals surface area contributed by atoms with Crippen LogP contribution in [0.25, 0.3) is 0 Å². The van der Waals surface area contributed by atoms with Crippen molar-refractivity contribution in [1.82, 2.24) is 0 Å². The van der Waals surface area contributed by atoms with Crippen molar-refractivity contribution in [3.63, 3.8) is 0 Å². The molecule has 112 valence electrons. The number of carbonyl (C=O) groups is 1. The lowest BCUT2D eigenvalue weighted by Crippen LogP contribution is -2.41. The average Bonchev–Trinajstić information content (AvgIpc) is 2.90. The van der Waals surface area contributed by atoms with Gasteiger partial charge >= 0.3 is 0 Å². The highest BCUT2D eigenvalue weighted by Gasteiger charge is 2.56. The van der Waals surface area contributed by atoms with E-state index in [2.05, 4.69) is 10.2 Å². The Hall–Kier alpha value is -2.29. The third-order valence-corrected chi connectivity index (χ3v) is 4.67. The molecule has 22 heavy (non-hydrogen) atoms. The van der Waals surface area contributed by atoms with Gasteiger partial charge in [0.2, 0.25) is 5.78 Å². The number of azo groups is 1. The molecule has 0 aliphatic carbocycles. The van der Waals surface area contributed by atoms with E-state index in [1.807, 2.05) is 74.5 Å². The largest absolute Gasteiger partial charge is 0.293 e. The summed E-state index contributed by atoms with van der Waals surface area (Å²) >= 11 is 0. The highest BCUT2D eigenvalue weighted by molar-refractivity contribution is 5.99. The van der Waals surface area contributed by atoms with Crippen molar-refractivity contribution >= 4 is 5.78 Å². The van der Waals surface area contributed by atoms with Gasteiger partial charge in [-0.1, -0.05) is 74.5 Å². The van der Waals surface area contributed by atoms with Crippen LogP contribution in [0.2, 0.25) is 0 Å². The van der Waals surface area contributed by atoms with Crippen LogP contribution in [0.3, 0.4) is 0 Å². The first-order valence-corrected chi connectivity index (χ1v) is 7.79. The molecule has 3 nitrogen and oxygen atoms in total. The maximum absolute atomic E-state index is 13.4. The van der Waals surface area contributed by atoms with Crippen molar-refractivity contribution in [3.8, 4) is 0 Å². The van der Waals surface area contributed by atoms with Gasteiger partial charge in [0.15, 0.2) is 11.1 Å². The molecule has 0 radical (unpaired) electrons. The quantitative estimate of drug-likeness (QED) is 0.810. The summed E-state index contributed by atoms with van der Waals surface area (Å²) in [6, 6.07) is 19.6. The fourth-order valence-corrected chi connectivity index (χ4v) is 3.28. The van der Waals surface area contributed by atoms with Gasteiger partial charge in [0, 0.05) is 0 Å². The van der Waals surface area contributed by atoms with Crippen LogP contribution in [0.1, 0.15) is 37.8 Å². The van der Waals surface area contributed by atoms with Crippen LogP contribution in [-0.4, -0.2) is 5.78 Å². The summed E-state index contributed by atoms with van der Waals surface area (Å²) in [7, 11) is 0. The molecule has 2 aromatic rings. The van der Waals surface area contributed by atoms with E-state index in [9.17, 15) is 4.79 Å².